The zero-order chi connectivity index (χ0) is 20.4. The predicted octanol–water partition coefficient (Wildman–Crippen LogP) is 3.34. The SMILES string of the molecule is CC(=O)c1c(-c2ccccc2)c2cc(F)ccc2n(CCN2CCOCC2)c1=O. The zero-order valence-electron chi connectivity index (χ0n) is 16.4. The highest BCUT2D eigenvalue weighted by Gasteiger charge is 2.22. The first-order chi connectivity index (χ1) is 14.1. The van der Waals surface area contributed by atoms with Gasteiger partial charge in [0.15, 0.2) is 5.78 Å². The number of carbonyl (C=O) groups is 1. The quantitative estimate of drug-likeness (QED) is 0.623. The molecule has 1 aliphatic heterocycles. The molecule has 2 aromatic carbocycles. The van der Waals surface area contributed by atoms with Gasteiger partial charge in [-0.15, -0.1) is 0 Å². The van der Waals surface area contributed by atoms with Crippen LogP contribution in [0.5, 0.6) is 0 Å². The Kier molecular flexibility index (Phi) is 5.56. The Labute approximate surface area is 168 Å². The summed E-state index contributed by atoms with van der Waals surface area (Å²) < 4.78 is 21.2. The molecule has 150 valence electrons. The van der Waals surface area contributed by atoms with Crippen LogP contribution in [0.4, 0.5) is 4.39 Å². The summed E-state index contributed by atoms with van der Waals surface area (Å²) in [5, 5.41) is 0.572. The van der Waals surface area contributed by atoms with Crippen molar-refractivity contribution in [3.8, 4) is 11.1 Å². The van der Waals surface area contributed by atoms with E-state index in [-0.39, 0.29) is 16.9 Å². The van der Waals surface area contributed by atoms with E-state index in [4.69, 9.17) is 4.74 Å². The van der Waals surface area contributed by atoms with Crippen LogP contribution in [0.1, 0.15) is 17.3 Å². The molecule has 3 aromatic rings. The fraction of sp³-hybridized carbons (Fsp3) is 0.304. The van der Waals surface area contributed by atoms with Crippen molar-refractivity contribution >= 4 is 16.7 Å². The number of nitrogens with zero attached hydrogens (tertiary/aromatic N) is 2. The van der Waals surface area contributed by atoms with Gasteiger partial charge in [-0.1, -0.05) is 30.3 Å². The molecule has 1 aliphatic rings. The van der Waals surface area contributed by atoms with Gasteiger partial charge in [0.1, 0.15) is 5.82 Å². The van der Waals surface area contributed by atoms with E-state index in [1.807, 2.05) is 30.3 Å². The molecule has 0 amide bonds. The first-order valence-electron chi connectivity index (χ1n) is 9.79. The number of morpholine rings is 1. The second-order valence-electron chi connectivity index (χ2n) is 7.24. The molecule has 0 spiro atoms. The Morgan fingerprint density at radius 3 is 2.48 bits per heavy atom. The molecule has 6 heteroatoms. The number of fused-ring (bicyclic) bond motifs is 1. The van der Waals surface area contributed by atoms with Crippen molar-refractivity contribution in [2.45, 2.75) is 13.5 Å². The van der Waals surface area contributed by atoms with Crippen LogP contribution in [0.2, 0.25) is 0 Å². The molecule has 5 nitrogen and oxygen atoms in total. The summed E-state index contributed by atoms with van der Waals surface area (Å²) in [6.07, 6.45) is 0. The monoisotopic (exact) mass is 394 g/mol. The minimum absolute atomic E-state index is 0.108. The van der Waals surface area contributed by atoms with E-state index < -0.39 is 5.82 Å². The number of hydrogen-bond acceptors (Lipinski definition) is 4. The van der Waals surface area contributed by atoms with Gasteiger partial charge in [-0.3, -0.25) is 14.5 Å². The maximum absolute atomic E-state index is 14.2. The fourth-order valence-corrected chi connectivity index (χ4v) is 3.95. The Hall–Kier alpha value is -2.83. The first-order valence-corrected chi connectivity index (χ1v) is 9.79. The van der Waals surface area contributed by atoms with Gasteiger partial charge < -0.3 is 9.30 Å². The minimum atomic E-state index is -0.400. The highest BCUT2D eigenvalue weighted by atomic mass is 19.1. The van der Waals surface area contributed by atoms with Crippen molar-refractivity contribution < 1.29 is 13.9 Å². The number of hydrogen-bond donors (Lipinski definition) is 0. The summed E-state index contributed by atoms with van der Waals surface area (Å²) in [4.78, 5) is 28.1. The van der Waals surface area contributed by atoms with Crippen LogP contribution in [0, 0.1) is 5.82 Å². The molecule has 1 aromatic heterocycles. The third-order valence-electron chi connectivity index (χ3n) is 5.39. The number of Topliss-reactive ketones (excluding diaryl/α,β-unsaturated/α-hetero) is 1. The summed E-state index contributed by atoms with van der Waals surface area (Å²) in [6.45, 7) is 5.44. The van der Waals surface area contributed by atoms with Gasteiger partial charge in [0.2, 0.25) is 0 Å². The molecule has 0 N–H and O–H groups in total. The lowest BCUT2D eigenvalue weighted by atomic mass is 9.94. The summed E-state index contributed by atoms with van der Waals surface area (Å²) in [5.41, 5.74) is 1.64. The third-order valence-corrected chi connectivity index (χ3v) is 5.39. The highest BCUT2D eigenvalue weighted by molar-refractivity contribution is 6.08. The van der Waals surface area contributed by atoms with E-state index in [0.717, 1.165) is 18.7 Å². The Morgan fingerprint density at radius 2 is 1.79 bits per heavy atom. The molecular formula is C23H23FN2O3. The van der Waals surface area contributed by atoms with E-state index in [9.17, 15) is 14.0 Å². The summed E-state index contributed by atoms with van der Waals surface area (Å²) in [7, 11) is 0. The van der Waals surface area contributed by atoms with E-state index >= 15 is 0 Å². The van der Waals surface area contributed by atoms with Gasteiger partial charge in [-0.2, -0.15) is 0 Å². The predicted molar refractivity (Wildman–Crippen MR) is 111 cm³/mol. The number of pyridine rings is 1. The number of rotatable bonds is 5. The van der Waals surface area contributed by atoms with Crippen LogP contribution < -0.4 is 5.56 Å². The largest absolute Gasteiger partial charge is 0.379 e. The normalized spacial score (nSPS) is 15.0. The molecule has 4 rings (SSSR count). The number of ketones is 1. The molecule has 1 saturated heterocycles. The standard InChI is InChI=1S/C23H23FN2O3/c1-16(27)21-22(17-5-3-2-4-6-17)19-15-18(24)7-8-20(19)26(23(21)28)10-9-25-11-13-29-14-12-25/h2-8,15H,9-14H2,1H3. The Balaban J connectivity index is 1.92. The third kappa shape index (κ3) is 3.86. The minimum Gasteiger partial charge on any atom is -0.379 e. The molecule has 0 bridgehead atoms. The maximum Gasteiger partial charge on any atom is 0.262 e. The number of ether oxygens (including phenoxy) is 1. The van der Waals surface area contributed by atoms with E-state index in [1.54, 1.807) is 10.6 Å². The van der Waals surface area contributed by atoms with Crippen molar-refractivity contribution in [3.05, 3.63) is 70.3 Å². The molecular weight excluding hydrogens is 371 g/mol. The first kappa shape index (κ1) is 19.5. The van der Waals surface area contributed by atoms with Gasteiger partial charge in [0.25, 0.3) is 5.56 Å². The Morgan fingerprint density at radius 1 is 1.07 bits per heavy atom. The lowest BCUT2D eigenvalue weighted by Gasteiger charge is -2.27. The molecule has 0 unspecified atom stereocenters. The lowest BCUT2D eigenvalue weighted by Crippen LogP contribution is -2.39. The van der Waals surface area contributed by atoms with Crippen molar-refractivity contribution in [1.29, 1.82) is 0 Å². The summed E-state index contributed by atoms with van der Waals surface area (Å²) in [5.74, 6) is -0.720. The summed E-state index contributed by atoms with van der Waals surface area (Å²) in [6, 6.07) is 13.6. The van der Waals surface area contributed by atoms with Crippen molar-refractivity contribution in [3.63, 3.8) is 0 Å². The molecule has 0 radical (unpaired) electrons. The van der Waals surface area contributed by atoms with Crippen LogP contribution in [-0.2, 0) is 11.3 Å². The van der Waals surface area contributed by atoms with E-state index in [0.29, 0.717) is 42.8 Å². The average Bonchev–Trinajstić information content (AvgIpc) is 2.73. The Bertz CT molecular complexity index is 1100. The smallest absolute Gasteiger partial charge is 0.262 e. The molecule has 2 heterocycles. The second-order valence-corrected chi connectivity index (χ2v) is 7.24. The van der Waals surface area contributed by atoms with Crippen LogP contribution in [0.3, 0.4) is 0 Å². The molecule has 1 fully saturated rings. The fourth-order valence-electron chi connectivity index (χ4n) is 3.95. The molecule has 0 aliphatic carbocycles. The number of carbonyl (C=O) groups excluding carboxylic acids is 1. The van der Waals surface area contributed by atoms with Crippen LogP contribution in [0.25, 0.3) is 22.0 Å². The highest BCUT2D eigenvalue weighted by Crippen LogP contribution is 2.31. The van der Waals surface area contributed by atoms with Gasteiger partial charge in [-0.25, -0.2) is 4.39 Å². The van der Waals surface area contributed by atoms with E-state index in [1.165, 1.54) is 19.1 Å². The van der Waals surface area contributed by atoms with E-state index in [2.05, 4.69) is 4.90 Å². The zero-order valence-corrected chi connectivity index (χ0v) is 16.4. The molecule has 29 heavy (non-hydrogen) atoms. The maximum atomic E-state index is 14.2. The lowest BCUT2D eigenvalue weighted by molar-refractivity contribution is 0.0364. The van der Waals surface area contributed by atoms with Gasteiger partial charge in [-0.05, 0) is 30.7 Å². The van der Waals surface area contributed by atoms with Crippen molar-refractivity contribution in [2.75, 3.05) is 32.8 Å². The van der Waals surface area contributed by atoms with Gasteiger partial charge >= 0.3 is 0 Å². The van der Waals surface area contributed by atoms with Crippen LogP contribution >= 0.6 is 0 Å². The van der Waals surface area contributed by atoms with Crippen molar-refractivity contribution in [1.82, 2.24) is 9.47 Å². The summed E-state index contributed by atoms with van der Waals surface area (Å²) >= 11 is 0. The van der Waals surface area contributed by atoms with Gasteiger partial charge in [0, 0.05) is 37.1 Å². The molecule has 0 saturated carbocycles. The number of aromatic nitrogens is 1. The average molecular weight is 394 g/mol. The topological polar surface area (TPSA) is 51.5 Å². The van der Waals surface area contributed by atoms with Crippen LogP contribution in [0.15, 0.2) is 53.3 Å². The van der Waals surface area contributed by atoms with Crippen LogP contribution in [-0.4, -0.2) is 48.1 Å². The second kappa shape index (κ2) is 8.27. The molecule has 0 atom stereocenters. The number of halogens is 1. The number of benzene rings is 2. The van der Waals surface area contributed by atoms with Crippen molar-refractivity contribution in [2.24, 2.45) is 0 Å². The van der Waals surface area contributed by atoms with Gasteiger partial charge in [0.05, 0.1) is 24.3 Å².